The van der Waals surface area contributed by atoms with Gasteiger partial charge in [0.05, 0.1) is 18.6 Å². The monoisotopic (exact) mass is 403 g/mol. The van der Waals surface area contributed by atoms with E-state index in [0.717, 1.165) is 16.7 Å². The highest BCUT2D eigenvalue weighted by molar-refractivity contribution is 5.94. The molecule has 0 unspecified atom stereocenters. The molecule has 0 saturated heterocycles. The van der Waals surface area contributed by atoms with Crippen LogP contribution in [0, 0.1) is 0 Å². The fraction of sp³-hybridized carbons (Fsp3) is 0.208. The Morgan fingerprint density at radius 1 is 1.00 bits per heavy atom. The van der Waals surface area contributed by atoms with Crippen LogP contribution in [0.2, 0.25) is 0 Å². The quantitative estimate of drug-likeness (QED) is 0.560. The van der Waals surface area contributed by atoms with Crippen molar-refractivity contribution in [3.05, 3.63) is 84.1 Å². The van der Waals surface area contributed by atoms with Crippen molar-refractivity contribution in [3.63, 3.8) is 0 Å². The van der Waals surface area contributed by atoms with Crippen molar-refractivity contribution in [1.82, 2.24) is 10.3 Å². The van der Waals surface area contributed by atoms with Gasteiger partial charge in [-0.15, -0.1) is 0 Å². The van der Waals surface area contributed by atoms with Crippen molar-refractivity contribution >= 4 is 17.7 Å². The second kappa shape index (κ2) is 10.2. The highest BCUT2D eigenvalue weighted by atomic mass is 16.5. The number of aromatic nitrogens is 1. The summed E-state index contributed by atoms with van der Waals surface area (Å²) >= 11 is 0. The van der Waals surface area contributed by atoms with Crippen molar-refractivity contribution in [3.8, 4) is 11.1 Å². The zero-order valence-electron chi connectivity index (χ0n) is 16.9. The molecule has 1 aromatic heterocycles. The van der Waals surface area contributed by atoms with Crippen LogP contribution in [0.15, 0.2) is 72.9 Å². The Bertz CT molecular complexity index is 971. The third kappa shape index (κ3) is 5.91. The smallest absolute Gasteiger partial charge is 0.307 e. The lowest BCUT2D eigenvalue weighted by Crippen LogP contribution is -2.38. The van der Waals surface area contributed by atoms with Gasteiger partial charge < -0.3 is 15.8 Å². The minimum atomic E-state index is -0.406. The van der Waals surface area contributed by atoms with Gasteiger partial charge in [-0.25, -0.2) is 4.98 Å². The molecule has 6 nitrogen and oxygen atoms in total. The number of carbonyl (C=O) groups excluding carboxylic acids is 2. The number of anilines is 1. The summed E-state index contributed by atoms with van der Waals surface area (Å²) in [5.41, 5.74) is 9.22. The fourth-order valence-electron chi connectivity index (χ4n) is 3.15. The van der Waals surface area contributed by atoms with Crippen LogP contribution in [0.25, 0.3) is 11.1 Å². The van der Waals surface area contributed by atoms with E-state index >= 15 is 0 Å². The Morgan fingerprint density at radius 2 is 1.70 bits per heavy atom. The van der Waals surface area contributed by atoms with Crippen LogP contribution in [-0.2, 0) is 16.0 Å². The third-order valence-electron chi connectivity index (χ3n) is 4.65. The number of rotatable bonds is 8. The Morgan fingerprint density at radius 3 is 2.33 bits per heavy atom. The summed E-state index contributed by atoms with van der Waals surface area (Å²) in [5.74, 6) is -0.315. The number of hydrogen-bond donors (Lipinski definition) is 2. The van der Waals surface area contributed by atoms with Gasteiger partial charge in [0.2, 0.25) is 0 Å². The number of nitrogens with zero attached hydrogens (tertiary/aromatic N) is 1. The lowest BCUT2D eigenvalue weighted by molar-refractivity contribution is -0.143. The van der Waals surface area contributed by atoms with E-state index in [1.165, 1.54) is 6.20 Å². The van der Waals surface area contributed by atoms with Gasteiger partial charge in [0.1, 0.15) is 5.82 Å². The van der Waals surface area contributed by atoms with Gasteiger partial charge >= 0.3 is 5.97 Å². The summed E-state index contributed by atoms with van der Waals surface area (Å²) < 4.78 is 5.07. The van der Waals surface area contributed by atoms with Crippen LogP contribution in [0.4, 0.5) is 5.82 Å². The van der Waals surface area contributed by atoms with E-state index in [1.807, 2.05) is 42.5 Å². The largest absolute Gasteiger partial charge is 0.466 e. The zero-order chi connectivity index (χ0) is 21.3. The lowest BCUT2D eigenvalue weighted by Gasteiger charge is -2.18. The van der Waals surface area contributed by atoms with Gasteiger partial charge in [0.25, 0.3) is 5.91 Å². The summed E-state index contributed by atoms with van der Waals surface area (Å²) in [5, 5.41) is 2.92. The van der Waals surface area contributed by atoms with Crippen molar-refractivity contribution in [2.24, 2.45) is 0 Å². The maximum atomic E-state index is 12.6. The highest BCUT2D eigenvalue weighted by Gasteiger charge is 2.19. The molecule has 0 aliphatic heterocycles. The molecule has 0 radical (unpaired) electrons. The molecule has 154 valence electrons. The van der Waals surface area contributed by atoms with Gasteiger partial charge in [0, 0.05) is 12.2 Å². The average Bonchev–Trinajstić information content (AvgIpc) is 2.75. The first kappa shape index (κ1) is 21.0. The molecule has 3 N–H and O–H groups in total. The van der Waals surface area contributed by atoms with E-state index in [4.69, 9.17) is 10.5 Å². The average molecular weight is 403 g/mol. The number of ether oxygens (including phenoxy) is 1. The molecular formula is C24H25N3O3. The molecule has 0 saturated carbocycles. The van der Waals surface area contributed by atoms with Crippen molar-refractivity contribution in [1.29, 1.82) is 0 Å². The summed E-state index contributed by atoms with van der Waals surface area (Å²) in [4.78, 5) is 28.6. The number of benzene rings is 2. The normalized spacial score (nSPS) is 11.5. The SMILES string of the molecule is CCOC(=O)C[C@@H](Cc1ccc(-c2ccccc2)cc1)NC(=O)c1ccc(N)nc1. The molecular weight excluding hydrogens is 378 g/mol. The van der Waals surface area contributed by atoms with Crippen LogP contribution in [0.3, 0.4) is 0 Å². The summed E-state index contributed by atoms with van der Waals surface area (Å²) in [6, 6.07) is 21.0. The molecule has 30 heavy (non-hydrogen) atoms. The number of amides is 1. The number of nitrogens with one attached hydrogen (secondary N) is 1. The number of hydrogen-bond acceptors (Lipinski definition) is 5. The first-order chi connectivity index (χ1) is 14.5. The Balaban J connectivity index is 1.72. The van der Waals surface area contributed by atoms with Crippen LogP contribution in [0.5, 0.6) is 0 Å². The predicted octanol–water partition coefficient (Wildman–Crippen LogP) is 3.63. The van der Waals surface area contributed by atoms with Gasteiger partial charge in [-0.2, -0.15) is 0 Å². The van der Waals surface area contributed by atoms with Crippen LogP contribution >= 0.6 is 0 Å². The molecule has 2 aromatic carbocycles. The fourth-order valence-corrected chi connectivity index (χ4v) is 3.15. The topological polar surface area (TPSA) is 94.3 Å². The van der Waals surface area contributed by atoms with E-state index in [1.54, 1.807) is 19.1 Å². The summed E-state index contributed by atoms with van der Waals surface area (Å²) in [6.45, 7) is 2.06. The maximum Gasteiger partial charge on any atom is 0.307 e. The van der Waals surface area contributed by atoms with E-state index in [2.05, 4.69) is 22.4 Å². The van der Waals surface area contributed by atoms with Crippen LogP contribution in [-0.4, -0.2) is 29.5 Å². The van der Waals surface area contributed by atoms with Gasteiger partial charge in [-0.3, -0.25) is 9.59 Å². The lowest BCUT2D eigenvalue weighted by atomic mass is 9.99. The van der Waals surface area contributed by atoms with Gasteiger partial charge in [-0.1, -0.05) is 54.6 Å². The highest BCUT2D eigenvalue weighted by Crippen LogP contribution is 2.20. The third-order valence-corrected chi connectivity index (χ3v) is 4.65. The maximum absolute atomic E-state index is 12.6. The number of pyridine rings is 1. The summed E-state index contributed by atoms with van der Waals surface area (Å²) in [7, 11) is 0. The minimum absolute atomic E-state index is 0.0857. The molecule has 0 bridgehead atoms. The van der Waals surface area contributed by atoms with Crippen LogP contribution < -0.4 is 11.1 Å². The second-order valence-electron chi connectivity index (χ2n) is 6.92. The Hall–Kier alpha value is -3.67. The van der Waals surface area contributed by atoms with E-state index < -0.39 is 6.04 Å². The molecule has 0 aliphatic carbocycles. The molecule has 6 heteroatoms. The molecule has 0 spiro atoms. The van der Waals surface area contributed by atoms with Crippen molar-refractivity contribution in [2.75, 3.05) is 12.3 Å². The zero-order valence-corrected chi connectivity index (χ0v) is 16.9. The second-order valence-corrected chi connectivity index (χ2v) is 6.92. The standard InChI is InChI=1S/C24H25N3O3/c1-2-30-23(28)15-21(27-24(29)20-12-13-22(25)26-16-20)14-17-8-10-19(11-9-17)18-6-4-3-5-7-18/h3-13,16,21H,2,14-15H2,1H3,(H2,25,26)(H,27,29)/t21-/m1/s1. The first-order valence-electron chi connectivity index (χ1n) is 9.87. The van der Waals surface area contributed by atoms with Gasteiger partial charge in [-0.05, 0) is 42.2 Å². The molecule has 0 aliphatic rings. The van der Waals surface area contributed by atoms with Crippen molar-refractivity contribution < 1.29 is 14.3 Å². The van der Waals surface area contributed by atoms with Crippen molar-refractivity contribution in [2.45, 2.75) is 25.8 Å². The first-order valence-corrected chi connectivity index (χ1v) is 9.87. The number of carbonyl (C=O) groups is 2. The number of nitrogens with two attached hydrogens (primary N) is 1. The molecule has 0 fully saturated rings. The predicted molar refractivity (Wildman–Crippen MR) is 117 cm³/mol. The minimum Gasteiger partial charge on any atom is -0.466 e. The Labute approximate surface area is 176 Å². The molecule has 1 heterocycles. The van der Waals surface area contributed by atoms with E-state index in [-0.39, 0.29) is 18.3 Å². The molecule has 3 aromatic rings. The molecule has 3 rings (SSSR count). The number of esters is 1. The van der Waals surface area contributed by atoms with Gasteiger partial charge in [0.15, 0.2) is 0 Å². The van der Waals surface area contributed by atoms with E-state index in [9.17, 15) is 9.59 Å². The summed E-state index contributed by atoms with van der Waals surface area (Å²) in [6.07, 6.45) is 2.01. The Kier molecular flexibility index (Phi) is 7.16. The molecule has 1 atom stereocenters. The molecule has 1 amide bonds. The number of nitrogen functional groups attached to an aromatic ring is 1. The van der Waals surface area contributed by atoms with E-state index in [0.29, 0.717) is 24.4 Å². The van der Waals surface area contributed by atoms with Crippen LogP contribution in [0.1, 0.15) is 29.3 Å².